The van der Waals surface area contributed by atoms with E-state index >= 15 is 0 Å². The van der Waals surface area contributed by atoms with Crippen LogP contribution in [0.3, 0.4) is 0 Å². The van der Waals surface area contributed by atoms with E-state index in [4.69, 9.17) is 20.1 Å². The van der Waals surface area contributed by atoms with E-state index in [1.807, 2.05) is 19.3 Å². The summed E-state index contributed by atoms with van der Waals surface area (Å²) >= 11 is 0. The lowest BCUT2D eigenvalue weighted by molar-refractivity contribution is -0.144. The molecule has 26 heavy (non-hydrogen) atoms. The molecule has 0 fully saturated rings. The summed E-state index contributed by atoms with van der Waals surface area (Å²) in [5.41, 5.74) is 1.03. The van der Waals surface area contributed by atoms with E-state index in [0.717, 1.165) is 0 Å². The first-order valence-corrected chi connectivity index (χ1v) is 8.80. The molecular weight excluding hydrogens is 342 g/mol. The Morgan fingerprint density at radius 1 is 0.962 bits per heavy atom. The zero-order valence-corrected chi connectivity index (χ0v) is 16.3. The Kier molecular flexibility index (Phi) is 12.8. The average Bonchev–Trinajstić information content (AvgIpc) is 2.60. The lowest BCUT2D eigenvalue weighted by atomic mass is 10.0. The minimum absolute atomic E-state index is 0.0413. The fraction of sp³-hybridized carbons (Fsp3) is 0.824. The van der Waals surface area contributed by atoms with Gasteiger partial charge in [0.2, 0.25) is 5.91 Å². The van der Waals surface area contributed by atoms with Crippen molar-refractivity contribution in [2.24, 2.45) is 11.8 Å². The Morgan fingerprint density at radius 2 is 1.54 bits per heavy atom. The highest BCUT2D eigenvalue weighted by Crippen LogP contribution is 2.08. The zero-order chi connectivity index (χ0) is 20.0. The minimum Gasteiger partial charge on any atom is -0.377 e. The molecule has 0 radical (unpaired) electrons. The summed E-state index contributed by atoms with van der Waals surface area (Å²) in [5, 5.41) is 2.70. The summed E-state index contributed by atoms with van der Waals surface area (Å²) in [6, 6.07) is 0. The molecule has 0 saturated heterocycles. The first kappa shape index (κ1) is 24.5. The van der Waals surface area contributed by atoms with Gasteiger partial charge in [0.25, 0.3) is 5.91 Å². The lowest BCUT2D eigenvalue weighted by Crippen LogP contribution is -2.47. The third kappa shape index (κ3) is 11.9. The van der Waals surface area contributed by atoms with Crippen molar-refractivity contribution in [1.82, 2.24) is 10.7 Å². The highest BCUT2D eigenvalue weighted by atomic mass is 16.6. The normalized spacial score (nSPS) is 11.5. The Morgan fingerprint density at radius 3 is 2.12 bits per heavy atom. The fourth-order valence-corrected chi connectivity index (χ4v) is 1.79. The molecule has 0 rings (SSSR count). The number of nitrogens with two attached hydrogens (primary N) is 1. The summed E-state index contributed by atoms with van der Waals surface area (Å²) in [4.78, 5) is 34.3. The van der Waals surface area contributed by atoms with E-state index < -0.39 is 11.5 Å². The van der Waals surface area contributed by atoms with Crippen molar-refractivity contribution in [1.29, 1.82) is 0 Å². The molecule has 0 aromatic rings. The molecule has 0 bridgehead atoms. The molecule has 152 valence electrons. The summed E-state index contributed by atoms with van der Waals surface area (Å²) in [6.07, 6.45) is 0.475. The molecule has 9 nitrogen and oxygen atoms in total. The van der Waals surface area contributed by atoms with E-state index in [-0.39, 0.29) is 37.1 Å². The number of hydrogen-bond acceptors (Lipinski definition) is 7. The number of Topliss-reactive ketones (excluding diaryl/α,β-unsaturated/α-hetero) is 1. The van der Waals surface area contributed by atoms with Gasteiger partial charge < -0.3 is 19.5 Å². The van der Waals surface area contributed by atoms with Crippen LogP contribution in [0.25, 0.3) is 0 Å². The maximum absolute atomic E-state index is 11.5. The maximum Gasteiger partial charge on any atom is 0.265 e. The molecule has 0 aliphatic rings. The summed E-state index contributed by atoms with van der Waals surface area (Å²) in [7, 11) is 0. The van der Waals surface area contributed by atoms with E-state index in [9.17, 15) is 14.4 Å². The van der Waals surface area contributed by atoms with E-state index in [2.05, 4.69) is 5.32 Å². The van der Waals surface area contributed by atoms with Crippen LogP contribution in [0, 0.1) is 5.92 Å². The van der Waals surface area contributed by atoms with Crippen molar-refractivity contribution >= 4 is 17.6 Å². The van der Waals surface area contributed by atoms with Crippen LogP contribution in [-0.2, 0) is 28.6 Å². The number of hydrogen-bond donors (Lipinski definition) is 3. The van der Waals surface area contributed by atoms with Crippen LogP contribution in [0.2, 0.25) is 0 Å². The molecule has 4 N–H and O–H groups in total. The molecular formula is C17H33N3O6. The SMILES string of the molecule is CC(C)C(=O)CCC(=O)NCCOCCOCCOC(C)(C)C(=O)NN. The van der Waals surface area contributed by atoms with Crippen molar-refractivity contribution in [2.75, 3.05) is 39.6 Å². The highest BCUT2D eigenvalue weighted by Gasteiger charge is 2.27. The van der Waals surface area contributed by atoms with Gasteiger partial charge in [-0.05, 0) is 13.8 Å². The second-order valence-electron chi connectivity index (χ2n) is 6.53. The predicted molar refractivity (Wildman–Crippen MR) is 96.1 cm³/mol. The second-order valence-corrected chi connectivity index (χ2v) is 6.53. The summed E-state index contributed by atoms with van der Waals surface area (Å²) in [6.45, 7) is 8.97. The van der Waals surface area contributed by atoms with Crippen LogP contribution in [0.1, 0.15) is 40.5 Å². The predicted octanol–water partition coefficient (Wildman–Crippen LogP) is -0.0738. The van der Waals surface area contributed by atoms with Crippen molar-refractivity contribution in [3.8, 4) is 0 Å². The highest BCUT2D eigenvalue weighted by molar-refractivity contribution is 5.86. The number of ether oxygens (including phenoxy) is 3. The molecule has 0 saturated carbocycles. The van der Waals surface area contributed by atoms with Crippen LogP contribution >= 0.6 is 0 Å². The molecule has 0 atom stereocenters. The third-order valence-electron chi connectivity index (χ3n) is 3.55. The van der Waals surface area contributed by atoms with Crippen molar-refractivity contribution in [2.45, 2.75) is 46.1 Å². The van der Waals surface area contributed by atoms with Gasteiger partial charge in [0, 0.05) is 25.3 Å². The van der Waals surface area contributed by atoms with Gasteiger partial charge in [-0.15, -0.1) is 0 Å². The second kappa shape index (κ2) is 13.6. The largest absolute Gasteiger partial charge is 0.377 e. The van der Waals surface area contributed by atoms with Crippen LogP contribution in [0.15, 0.2) is 0 Å². The Balaban J connectivity index is 3.48. The molecule has 0 aliphatic heterocycles. The lowest BCUT2D eigenvalue weighted by Gasteiger charge is -2.22. The molecule has 0 heterocycles. The standard InChI is InChI=1S/C17H33N3O6/c1-13(2)14(21)5-6-15(22)19-7-8-24-9-10-25-11-12-26-17(3,4)16(23)20-18/h13H,5-12,18H2,1-4H3,(H,19,22)(H,20,23). The monoisotopic (exact) mass is 375 g/mol. The molecule has 0 spiro atoms. The zero-order valence-electron chi connectivity index (χ0n) is 16.3. The van der Waals surface area contributed by atoms with Crippen molar-refractivity contribution in [3.05, 3.63) is 0 Å². The maximum atomic E-state index is 11.5. The topological polar surface area (TPSA) is 129 Å². The number of ketones is 1. The van der Waals surface area contributed by atoms with Crippen LogP contribution in [0.5, 0.6) is 0 Å². The molecule has 2 amide bonds. The van der Waals surface area contributed by atoms with Gasteiger partial charge in [0.1, 0.15) is 11.4 Å². The number of amides is 2. The first-order valence-electron chi connectivity index (χ1n) is 8.80. The Labute approximate surface area is 155 Å². The van der Waals surface area contributed by atoms with Gasteiger partial charge in [-0.25, -0.2) is 5.84 Å². The summed E-state index contributed by atoms with van der Waals surface area (Å²) < 4.78 is 16.0. The third-order valence-corrected chi connectivity index (χ3v) is 3.55. The average molecular weight is 375 g/mol. The van der Waals surface area contributed by atoms with Gasteiger partial charge in [0.05, 0.1) is 33.0 Å². The number of hydrazine groups is 1. The number of carbonyl (C=O) groups excluding carboxylic acids is 3. The number of carbonyl (C=O) groups is 3. The van der Waals surface area contributed by atoms with E-state index in [1.165, 1.54) is 0 Å². The smallest absolute Gasteiger partial charge is 0.265 e. The van der Waals surface area contributed by atoms with Gasteiger partial charge in [0.15, 0.2) is 0 Å². The van der Waals surface area contributed by atoms with Gasteiger partial charge in [-0.1, -0.05) is 13.8 Å². The van der Waals surface area contributed by atoms with Gasteiger partial charge in [-0.2, -0.15) is 0 Å². The van der Waals surface area contributed by atoms with Crippen molar-refractivity contribution < 1.29 is 28.6 Å². The number of rotatable bonds is 15. The van der Waals surface area contributed by atoms with E-state index in [1.54, 1.807) is 13.8 Å². The number of nitrogens with one attached hydrogen (secondary N) is 2. The van der Waals surface area contributed by atoms with Crippen LogP contribution in [0.4, 0.5) is 0 Å². The Bertz CT molecular complexity index is 440. The molecule has 9 heteroatoms. The fourth-order valence-electron chi connectivity index (χ4n) is 1.79. The molecule has 0 aliphatic carbocycles. The van der Waals surface area contributed by atoms with Gasteiger partial charge >= 0.3 is 0 Å². The molecule has 0 unspecified atom stereocenters. The Hall–Kier alpha value is -1.55. The van der Waals surface area contributed by atoms with Gasteiger partial charge in [-0.3, -0.25) is 19.8 Å². The summed E-state index contributed by atoms with van der Waals surface area (Å²) in [5.74, 6) is 4.55. The quantitative estimate of drug-likeness (QED) is 0.158. The first-order chi connectivity index (χ1) is 12.2. The molecule has 0 aromatic carbocycles. The van der Waals surface area contributed by atoms with E-state index in [0.29, 0.717) is 33.0 Å². The minimum atomic E-state index is -1.01. The van der Waals surface area contributed by atoms with Crippen LogP contribution in [-0.4, -0.2) is 62.8 Å². The van der Waals surface area contributed by atoms with Crippen molar-refractivity contribution in [3.63, 3.8) is 0 Å². The van der Waals surface area contributed by atoms with Crippen LogP contribution < -0.4 is 16.6 Å². The molecule has 0 aromatic heterocycles.